The molecule has 10 heteroatoms. The van der Waals surface area contributed by atoms with Crippen LogP contribution in [-0.4, -0.2) is 96.7 Å². The lowest BCUT2D eigenvalue weighted by atomic mass is 10.1. The maximum atomic E-state index is 13.3. The van der Waals surface area contributed by atoms with Gasteiger partial charge in [-0.2, -0.15) is 0 Å². The molecule has 0 spiro atoms. The Balaban J connectivity index is 1.43. The van der Waals surface area contributed by atoms with Crippen LogP contribution in [0.5, 0.6) is 0 Å². The zero-order chi connectivity index (χ0) is 32.0. The van der Waals surface area contributed by atoms with E-state index >= 15 is 0 Å². The third kappa shape index (κ3) is 10.3. The first kappa shape index (κ1) is 35.0. The Morgan fingerprint density at radius 2 is 1.56 bits per heavy atom. The molecule has 0 unspecified atom stereocenters. The summed E-state index contributed by atoms with van der Waals surface area (Å²) in [4.78, 5) is 26.6. The number of likely N-dealkylation sites (tertiary alicyclic amines) is 1. The van der Waals surface area contributed by atoms with Crippen LogP contribution in [-0.2, 0) is 35.1 Å². The zero-order valence-corrected chi connectivity index (χ0v) is 26.5. The monoisotopic (exact) mass is 627 g/mol. The lowest BCUT2D eigenvalue weighted by molar-refractivity contribution is -0.169. The molecule has 2 N–H and O–H groups in total. The zero-order valence-electron chi connectivity index (χ0n) is 26.5. The van der Waals surface area contributed by atoms with Crippen molar-refractivity contribution in [1.29, 1.82) is 0 Å². The molecule has 2 aliphatic heterocycles. The molecule has 2 aromatic rings. The number of unbranched alkanes of at least 4 members (excludes halogenated alkanes) is 5. The van der Waals surface area contributed by atoms with E-state index in [1.807, 2.05) is 48.2 Å². The smallest absolute Gasteiger partial charge is 0.338 e. The molecule has 0 bridgehead atoms. The summed E-state index contributed by atoms with van der Waals surface area (Å²) in [5.41, 5.74) is 1.39. The van der Waals surface area contributed by atoms with Crippen molar-refractivity contribution in [3.8, 4) is 0 Å². The van der Waals surface area contributed by atoms with Gasteiger partial charge in [0.25, 0.3) is 0 Å². The van der Waals surface area contributed by atoms with E-state index in [-0.39, 0.29) is 18.6 Å². The maximum absolute atomic E-state index is 13.3. The molecule has 4 rings (SSSR count). The molecule has 2 aromatic carbocycles. The topological polar surface area (TPSA) is 124 Å². The number of hydrogen-bond acceptors (Lipinski definition) is 10. The van der Waals surface area contributed by atoms with Crippen molar-refractivity contribution in [1.82, 2.24) is 4.90 Å². The number of ether oxygens (including phenoxy) is 5. The number of benzene rings is 2. The van der Waals surface area contributed by atoms with E-state index in [9.17, 15) is 19.8 Å². The Bertz CT molecular complexity index is 1150. The van der Waals surface area contributed by atoms with E-state index in [1.165, 1.54) is 7.11 Å². The molecule has 0 saturated carbocycles. The highest BCUT2D eigenvalue weighted by Gasteiger charge is 2.51. The van der Waals surface area contributed by atoms with Crippen molar-refractivity contribution in [3.63, 3.8) is 0 Å². The largest absolute Gasteiger partial charge is 0.469 e. The lowest BCUT2D eigenvalue weighted by Gasteiger charge is -2.30. The fourth-order valence-electron chi connectivity index (χ4n) is 6.11. The summed E-state index contributed by atoms with van der Waals surface area (Å²) < 4.78 is 29.9. The number of rotatable bonds is 18. The molecule has 2 fully saturated rings. The highest BCUT2D eigenvalue weighted by atomic mass is 16.7. The third-order valence-corrected chi connectivity index (χ3v) is 8.60. The number of methoxy groups -OCH3 is 1. The number of aliphatic hydroxyl groups excluding tert-OH is 2. The number of nitrogens with zero attached hydrogens (tertiary/aromatic N) is 1. The van der Waals surface area contributed by atoms with Crippen LogP contribution in [0.3, 0.4) is 0 Å². The van der Waals surface area contributed by atoms with E-state index in [1.54, 1.807) is 24.3 Å². The number of β-amino-alcohol motifs (C(OH)–C–C–N with tert-alkyl or cyclic N) is 1. The van der Waals surface area contributed by atoms with E-state index < -0.39 is 42.8 Å². The quantitative estimate of drug-likeness (QED) is 0.183. The van der Waals surface area contributed by atoms with Crippen LogP contribution in [0.1, 0.15) is 74.2 Å². The molecule has 0 amide bonds. The molecule has 0 aliphatic carbocycles. The molecule has 2 aliphatic rings. The minimum Gasteiger partial charge on any atom is -0.469 e. The lowest BCUT2D eigenvalue weighted by Crippen LogP contribution is -2.45. The number of carbonyl (C=O) groups excluding carboxylic acids is 2. The van der Waals surface area contributed by atoms with Gasteiger partial charge in [-0.1, -0.05) is 81.1 Å². The average molecular weight is 628 g/mol. The highest BCUT2D eigenvalue weighted by Crippen LogP contribution is 2.32. The molecule has 10 nitrogen and oxygen atoms in total. The predicted octanol–water partition coefficient (Wildman–Crippen LogP) is 4.26. The van der Waals surface area contributed by atoms with Gasteiger partial charge >= 0.3 is 11.9 Å². The first-order valence-corrected chi connectivity index (χ1v) is 16.3. The van der Waals surface area contributed by atoms with E-state index in [0.29, 0.717) is 38.1 Å². The maximum Gasteiger partial charge on any atom is 0.338 e. The Kier molecular flexibility index (Phi) is 14.3. The van der Waals surface area contributed by atoms with Crippen molar-refractivity contribution in [2.24, 2.45) is 0 Å². The van der Waals surface area contributed by atoms with Crippen LogP contribution in [0.15, 0.2) is 60.7 Å². The van der Waals surface area contributed by atoms with E-state index in [0.717, 1.165) is 44.1 Å². The second-order valence-electron chi connectivity index (χ2n) is 11.8. The van der Waals surface area contributed by atoms with Crippen LogP contribution in [0, 0.1) is 0 Å². The summed E-state index contributed by atoms with van der Waals surface area (Å²) in [6.45, 7) is 3.37. The van der Waals surface area contributed by atoms with Crippen molar-refractivity contribution in [3.05, 3.63) is 71.8 Å². The minimum absolute atomic E-state index is 0.172. The second-order valence-corrected chi connectivity index (χ2v) is 11.8. The van der Waals surface area contributed by atoms with Gasteiger partial charge in [0.2, 0.25) is 0 Å². The highest BCUT2D eigenvalue weighted by molar-refractivity contribution is 5.89. The standard InChI is InChI=1S/C35H49NO9/c1-3-27-31(39)28(37)22-36(27)23-29-32(43-24-25-16-10-8-11-17-25)33(45-34(40)26-18-12-9-13-19-26)35(44-29)42-21-15-7-5-4-6-14-20-30(38)41-2/h8-13,16-19,27-29,31-33,35,37,39H,3-7,14-15,20-24H2,1-2H3/t27-,28-,29-,31-,32-,33+,35+/m1/s1. The summed E-state index contributed by atoms with van der Waals surface area (Å²) in [6.07, 6.45) is 2.16. The SMILES string of the molecule is CC[C@@H]1[C@@H](O)[C@H](O)CN1C[C@H]1O[C@H](OCCCCCCCCC(=O)OC)[C@@H](OC(=O)c2ccccc2)[C@@H]1OCc1ccccc1. The van der Waals surface area contributed by atoms with Gasteiger partial charge in [0, 0.05) is 32.2 Å². The van der Waals surface area contributed by atoms with Gasteiger partial charge in [0.15, 0.2) is 12.4 Å². The van der Waals surface area contributed by atoms with Gasteiger partial charge in [0.1, 0.15) is 12.2 Å². The Labute approximate surface area is 266 Å². The Morgan fingerprint density at radius 1 is 0.889 bits per heavy atom. The van der Waals surface area contributed by atoms with Gasteiger partial charge < -0.3 is 33.9 Å². The minimum atomic E-state index is -0.848. The van der Waals surface area contributed by atoms with Crippen molar-refractivity contribution < 1.29 is 43.5 Å². The molecule has 2 heterocycles. The van der Waals surface area contributed by atoms with Gasteiger partial charge in [0.05, 0.1) is 31.5 Å². The first-order chi connectivity index (χ1) is 21.9. The number of carbonyl (C=O) groups is 2. The summed E-state index contributed by atoms with van der Waals surface area (Å²) in [7, 11) is 1.41. The van der Waals surface area contributed by atoms with Gasteiger partial charge in [-0.15, -0.1) is 0 Å². The normalized spacial score (nSPS) is 26.6. The fraction of sp³-hybridized carbons (Fsp3) is 0.600. The van der Waals surface area contributed by atoms with Crippen LogP contribution in [0.2, 0.25) is 0 Å². The van der Waals surface area contributed by atoms with Crippen molar-refractivity contribution in [2.45, 2.75) is 108 Å². The molecule has 248 valence electrons. The van der Waals surface area contributed by atoms with Crippen LogP contribution < -0.4 is 0 Å². The van der Waals surface area contributed by atoms with Gasteiger partial charge in [-0.3, -0.25) is 9.69 Å². The van der Waals surface area contributed by atoms with Crippen LogP contribution in [0.25, 0.3) is 0 Å². The van der Waals surface area contributed by atoms with Crippen molar-refractivity contribution >= 4 is 11.9 Å². The molecule has 7 atom stereocenters. The third-order valence-electron chi connectivity index (χ3n) is 8.60. The molecule has 45 heavy (non-hydrogen) atoms. The van der Waals surface area contributed by atoms with Gasteiger partial charge in [-0.05, 0) is 37.0 Å². The predicted molar refractivity (Wildman–Crippen MR) is 167 cm³/mol. The van der Waals surface area contributed by atoms with E-state index in [4.69, 9.17) is 23.7 Å². The molecular formula is C35H49NO9. The van der Waals surface area contributed by atoms with E-state index in [2.05, 4.69) is 0 Å². The fourth-order valence-corrected chi connectivity index (χ4v) is 6.11. The summed E-state index contributed by atoms with van der Waals surface area (Å²) in [6, 6.07) is 18.4. The first-order valence-electron chi connectivity index (χ1n) is 16.3. The van der Waals surface area contributed by atoms with Gasteiger partial charge in [-0.25, -0.2) is 4.79 Å². The summed E-state index contributed by atoms with van der Waals surface area (Å²) >= 11 is 0. The van der Waals surface area contributed by atoms with Crippen molar-refractivity contribution in [2.75, 3.05) is 26.8 Å². The number of esters is 2. The number of aliphatic hydroxyl groups is 2. The number of hydrogen-bond donors (Lipinski definition) is 2. The molecule has 0 radical (unpaired) electrons. The molecule has 0 aromatic heterocycles. The van der Waals surface area contributed by atoms with Crippen LogP contribution in [0.4, 0.5) is 0 Å². The molecular weight excluding hydrogens is 578 g/mol. The van der Waals surface area contributed by atoms with Crippen LogP contribution >= 0.6 is 0 Å². The summed E-state index contributed by atoms with van der Waals surface area (Å²) in [5.74, 6) is -0.661. The summed E-state index contributed by atoms with van der Waals surface area (Å²) in [5, 5.41) is 21.0. The molecule has 2 saturated heterocycles. The Morgan fingerprint density at radius 3 is 2.24 bits per heavy atom. The Hall–Kier alpha value is -2.86. The average Bonchev–Trinajstić information content (AvgIpc) is 3.52. The second kappa shape index (κ2) is 18.3.